The first kappa shape index (κ1) is 19.6. The minimum atomic E-state index is -1.23. The van der Waals surface area contributed by atoms with Crippen molar-refractivity contribution in [1.29, 1.82) is 0 Å². The Labute approximate surface area is 160 Å². The number of cyclic esters (lactones) is 1. The van der Waals surface area contributed by atoms with Gasteiger partial charge in [0.05, 0.1) is 7.11 Å². The van der Waals surface area contributed by atoms with Gasteiger partial charge >= 0.3 is 5.97 Å². The van der Waals surface area contributed by atoms with E-state index in [0.717, 1.165) is 49.9 Å². The van der Waals surface area contributed by atoms with E-state index >= 15 is 0 Å². The van der Waals surface area contributed by atoms with Gasteiger partial charge in [0.1, 0.15) is 11.4 Å². The van der Waals surface area contributed by atoms with Crippen LogP contribution in [0.15, 0.2) is 35.6 Å². The number of carbonyl (C=O) groups excluding carboxylic acids is 3. The molecule has 0 aromatic carbocycles. The van der Waals surface area contributed by atoms with Crippen LogP contribution in [-0.2, 0) is 23.9 Å². The number of methoxy groups -OCH3 is 1. The third-order valence-electron chi connectivity index (χ3n) is 6.07. The molecule has 1 heterocycles. The van der Waals surface area contributed by atoms with Crippen molar-refractivity contribution in [2.45, 2.75) is 63.9 Å². The molecule has 0 radical (unpaired) electrons. The fraction of sp³-hybridized carbons (Fsp3) is 0.591. The van der Waals surface area contributed by atoms with Crippen LogP contribution in [0.2, 0.25) is 0 Å². The quantitative estimate of drug-likeness (QED) is 0.523. The van der Waals surface area contributed by atoms with E-state index in [9.17, 15) is 14.4 Å². The van der Waals surface area contributed by atoms with E-state index in [-0.39, 0.29) is 18.1 Å². The molecule has 0 aromatic rings. The Balaban J connectivity index is 1.77. The average Bonchev–Trinajstić information content (AvgIpc) is 3.06. The van der Waals surface area contributed by atoms with Crippen LogP contribution in [0.3, 0.4) is 0 Å². The van der Waals surface area contributed by atoms with E-state index < -0.39 is 23.3 Å². The first-order chi connectivity index (χ1) is 12.9. The van der Waals surface area contributed by atoms with Gasteiger partial charge in [0.25, 0.3) is 0 Å². The highest BCUT2D eigenvalue weighted by atomic mass is 16.6. The van der Waals surface area contributed by atoms with Crippen LogP contribution in [0, 0.1) is 11.8 Å². The summed E-state index contributed by atoms with van der Waals surface area (Å²) in [7, 11) is 1.65. The monoisotopic (exact) mass is 372 g/mol. The molecule has 3 rings (SSSR count). The zero-order chi connectivity index (χ0) is 19.4. The normalized spacial score (nSPS) is 29.0. The van der Waals surface area contributed by atoms with Gasteiger partial charge in [-0.2, -0.15) is 0 Å². The van der Waals surface area contributed by atoms with Crippen LogP contribution in [0.1, 0.15) is 58.3 Å². The van der Waals surface area contributed by atoms with Crippen molar-refractivity contribution in [3.63, 3.8) is 0 Å². The second-order valence-corrected chi connectivity index (χ2v) is 7.81. The molecular weight excluding hydrogens is 344 g/mol. The summed E-state index contributed by atoms with van der Waals surface area (Å²) in [6.07, 6.45) is 14.5. The number of carbonyl (C=O) groups is 3. The van der Waals surface area contributed by atoms with E-state index in [1.165, 1.54) is 6.92 Å². The van der Waals surface area contributed by atoms with E-state index in [2.05, 4.69) is 6.08 Å². The number of esters is 1. The Hall–Kier alpha value is -2.17. The Kier molecular flexibility index (Phi) is 5.98. The number of ether oxygens (including phenoxy) is 2. The summed E-state index contributed by atoms with van der Waals surface area (Å²) in [5.74, 6) is -1.56. The summed E-state index contributed by atoms with van der Waals surface area (Å²) in [5.41, 5.74) is 0.377. The summed E-state index contributed by atoms with van der Waals surface area (Å²) in [5, 5.41) is 0. The standard InChI is InChI=1S/C22H28O5/c1-15(23)20-19(24)14-22(27-21(20)25,17-7-3-4-8-17)13-12-16-6-5-9-18(26-2)11-10-16/h6,9-11,17,20H,3-5,7-8,12-14H2,1-2H3. The average molecular weight is 372 g/mol. The molecule has 5 nitrogen and oxygen atoms in total. The maximum atomic E-state index is 12.6. The van der Waals surface area contributed by atoms with Gasteiger partial charge in [-0.1, -0.05) is 30.6 Å². The van der Waals surface area contributed by atoms with Crippen molar-refractivity contribution < 1.29 is 23.9 Å². The predicted octanol–water partition coefficient (Wildman–Crippen LogP) is 3.83. The zero-order valence-corrected chi connectivity index (χ0v) is 16.2. The van der Waals surface area contributed by atoms with Crippen LogP contribution in [0.4, 0.5) is 0 Å². The SMILES string of the molecule is COC1=CCC=C(CCC2(C3CCCC3)CC(=O)C(C(C)=O)C(=O)O2)C=C1. The summed E-state index contributed by atoms with van der Waals surface area (Å²) < 4.78 is 11.2. The molecule has 2 fully saturated rings. The lowest BCUT2D eigenvalue weighted by Gasteiger charge is -2.42. The van der Waals surface area contributed by atoms with Gasteiger partial charge in [-0.05, 0) is 57.1 Å². The summed E-state index contributed by atoms with van der Waals surface area (Å²) in [6, 6.07) is 0. The zero-order valence-electron chi connectivity index (χ0n) is 16.2. The van der Waals surface area contributed by atoms with Crippen LogP contribution >= 0.6 is 0 Å². The van der Waals surface area contributed by atoms with Gasteiger partial charge in [-0.3, -0.25) is 14.4 Å². The highest BCUT2D eigenvalue weighted by Gasteiger charge is 2.52. The molecule has 2 aliphatic carbocycles. The van der Waals surface area contributed by atoms with Gasteiger partial charge in [-0.15, -0.1) is 0 Å². The molecule has 1 saturated heterocycles. The molecule has 5 heteroatoms. The minimum absolute atomic E-state index is 0.159. The molecule has 27 heavy (non-hydrogen) atoms. The fourth-order valence-electron chi connectivity index (χ4n) is 4.58. The molecular formula is C22H28O5. The maximum absolute atomic E-state index is 12.6. The van der Waals surface area contributed by atoms with Gasteiger partial charge < -0.3 is 9.47 Å². The molecule has 1 saturated carbocycles. The molecule has 3 aliphatic rings. The topological polar surface area (TPSA) is 69.7 Å². The first-order valence-corrected chi connectivity index (χ1v) is 9.82. The number of Topliss-reactive ketones (excluding diaryl/α,β-unsaturated/α-hetero) is 2. The Morgan fingerprint density at radius 3 is 2.59 bits per heavy atom. The van der Waals surface area contributed by atoms with Crippen molar-refractivity contribution in [3.8, 4) is 0 Å². The van der Waals surface area contributed by atoms with Gasteiger partial charge in [0, 0.05) is 6.42 Å². The molecule has 1 aliphatic heterocycles. The second kappa shape index (κ2) is 8.24. The van der Waals surface area contributed by atoms with Gasteiger partial charge in [0.15, 0.2) is 17.5 Å². The molecule has 0 N–H and O–H groups in total. The van der Waals surface area contributed by atoms with Crippen LogP contribution in [0.25, 0.3) is 0 Å². The lowest BCUT2D eigenvalue weighted by atomic mass is 9.73. The van der Waals surface area contributed by atoms with Crippen LogP contribution in [-0.4, -0.2) is 30.2 Å². The highest BCUT2D eigenvalue weighted by Crippen LogP contribution is 2.45. The van der Waals surface area contributed by atoms with E-state index in [4.69, 9.17) is 9.47 Å². The Morgan fingerprint density at radius 1 is 1.22 bits per heavy atom. The third-order valence-corrected chi connectivity index (χ3v) is 6.07. The van der Waals surface area contributed by atoms with E-state index in [1.54, 1.807) is 7.11 Å². The fourth-order valence-corrected chi connectivity index (χ4v) is 4.58. The van der Waals surface area contributed by atoms with E-state index in [0.29, 0.717) is 6.42 Å². The number of hydrogen-bond acceptors (Lipinski definition) is 5. The molecule has 146 valence electrons. The van der Waals surface area contributed by atoms with Crippen molar-refractivity contribution in [3.05, 3.63) is 35.6 Å². The van der Waals surface area contributed by atoms with Crippen LogP contribution in [0.5, 0.6) is 0 Å². The summed E-state index contributed by atoms with van der Waals surface area (Å²) in [6.45, 7) is 1.29. The molecule has 2 atom stereocenters. The van der Waals surface area contributed by atoms with Crippen molar-refractivity contribution in [2.75, 3.05) is 7.11 Å². The first-order valence-electron chi connectivity index (χ1n) is 9.82. The minimum Gasteiger partial charge on any atom is -0.497 e. The largest absolute Gasteiger partial charge is 0.497 e. The summed E-state index contributed by atoms with van der Waals surface area (Å²) in [4.78, 5) is 36.8. The molecule has 2 unspecified atom stereocenters. The second-order valence-electron chi connectivity index (χ2n) is 7.81. The van der Waals surface area contributed by atoms with Crippen molar-refractivity contribution >= 4 is 17.5 Å². The Bertz CT molecular complexity index is 688. The molecule has 0 amide bonds. The highest BCUT2D eigenvalue weighted by molar-refractivity contribution is 6.18. The summed E-state index contributed by atoms with van der Waals surface area (Å²) >= 11 is 0. The van der Waals surface area contributed by atoms with Gasteiger partial charge in [-0.25, -0.2) is 0 Å². The molecule has 0 spiro atoms. The molecule has 0 aromatic heterocycles. The lowest BCUT2D eigenvalue weighted by Crippen LogP contribution is -2.53. The Morgan fingerprint density at radius 2 is 1.96 bits per heavy atom. The van der Waals surface area contributed by atoms with E-state index in [1.807, 2.05) is 18.2 Å². The van der Waals surface area contributed by atoms with Crippen molar-refractivity contribution in [2.24, 2.45) is 11.8 Å². The number of allylic oxidation sites excluding steroid dienone is 5. The predicted molar refractivity (Wildman–Crippen MR) is 101 cm³/mol. The van der Waals surface area contributed by atoms with Gasteiger partial charge in [0.2, 0.25) is 0 Å². The third kappa shape index (κ3) is 4.23. The number of ketones is 2. The smallest absolute Gasteiger partial charge is 0.324 e. The maximum Gasteiger partial charge on any atom is 0.324 e. The van der Waals surface area contributed by atoms with Crippen LogP contribution < -0.4 is 0 Å². The molecule has 0 bridgehead atoms. The lowest BCUT2D eigenvalue weighted by molar-refractivity contribution is -0.185. The number of hydrogen-bond donors (Lipinski definition) is 0. The number of rotatable bonds is 6. The van der Waals surface area contributed by atoms with Crippen molar-refractivity contribution in [1.82, 2.24) is 0 Å².